The fourth-order valence-electron chi connectivity index (χ4n) is 3.63. The molecule has 0 bridgehead atoms. The third kappa shape index (κ3) is 2.74. The minimum atomic E-state index is -1.30. The summed E-state index contributed by atoms with van der Waals surface area (Å²) in [6.45, 7) is 2.95. The molecule has 1 N–H and O–H groups in total. The summed E-state index contributed by atoms with van der Waals surface area (Å²) in [6.07, 6.45) is -0.895. The van der Waals surface area contributed by atoms with E-state index in [4.69, 9.17) is 4.74 Å². The first-order valence-electron chi connectivity index (χ1n) is 8.18. The van der Waals surface area contributed by atoms with Crippen LogP contribution in [0.1, 0.15) is 19.4 Å². The second-order valence-electron chi connectivity index (χ2n) is 6.63. The van der Waals surface area contributed by atoms with Gasteiger partial charge in [0.25, 0.3) is 5.69 Å². The van der Waals surface area contributed by atoms with Gasteiger partial charge in [0.05, 0.1) is 23.0 Å². The van der Waals surface area contributed by atoms with Gasteiger partial charge in [0.2, 0.25) is 5.91 Å². The molecular weight excluding hydrogens is 344 g/mol. The number of Topliss-reactive ketones (excluding diaryl/α,β-unsaturated/α-hetero) is 1. The summed E-state index contributed by atoms with van der Waals surface area (Å²) in [5.74, 6) is -2.90. The molecule has 2 aliphatic heterocycles. The molecule has 5 atom stereocenters. The lowest BCUT2D eigenvalue weighted by atomic mass is 9.79. The largest absolute Gasteiger partial charge is 0.459 e. The van der Waals surface area contributed by atoms with E-state index >= 15 is 0 Å². The minimum Gasteiger partial charge on any atom is -0.459 e. The van der Waals surface area contributed by atoms with Gasteiger partial charge < -0.3 is 14.7 Å². The number of rotatable bonds is 5. The van der Waals surface area contributed by atoms with Gasteiger partial charge in [-0.25, -0.2) is 4.79 Å². The van der Waals surface area contributed by atoms with Crippen LogP contribution >= 0.6 is 0 Å². The summed E-state index contributed by atoms with van der Waals surface area (Å²) in [6, 6.07) is 3.68. The number of carbonyl (C=O) groups excluding carboxylic acids is 3. The van der Waals surface area contributed by atoms with Crippen molar-refractivity contribution in [1.82, 2.24) is 4.90 Å². The highest BCUT2D eigenvalue weighted by Gasteiger charge is 2.64. The van der Waals surface area contributed by atoms with Gasteiger partial charge in [0.15, 0.2) is 11.8 Å². The third-order valence-electron chi connectivity index (χ3n) is 5.01. The normalized spacial score (nSPS) is 28.3. The molecule has 0 radical (unpaired) electrons. The van der Waals surface area contributed by atoms with Crippen LogP contribution in [0.4, 0.5) is 5.69 Å². The number of nitrogens with zero attached hydrogens (tertiary/aromatic N) is 2. The molecule has 2 heterocycles. The van der Waals surface area contributed by atoms with Crippen molar-refractivity contribution in [3.63, 3.8) is 0 Å². The summed E-state index contributed by atoms with van der Waals surface area (Å²) >= 11 is 0. The molecule has 138 valence electrons. The molecule has 2 saturated heterocycles. The Morgan fingerprint density at radius 3 is 2.50 bits per heavy atom. The van der Waals surface area contributed by atoms with E-state index in [9.17, 15) is 29.6 Å². The van der Waals surface area contributed by atoms with Crippen molar-refractivity contribution >= 4 is 23.3 Å². The number of fused-ring (bicyclic) bond motifs is 1. The first kappa shape index (κ1) is 18.0. The van der Waals surface area contributed by atoms with Gasteiger partial charge in [-0.2, -0.15) is 0 Å². The highest BCUT2D eigenvalue weighted by molar-refractivity contribution is 6.12. The maximum Gasteiger partial charge on any atom is 0.337 e. The molecule has 3 rings (SSSR count). The lowest BCUT2D eigenvalue weighted by molar-refractivity contribution is -0.384. The topological polar surface area (TPSA) is 127 Å². The number of ether oxygens (including phenoxy) is 1. The molecule has 0 saturated carbocycles. The minimum absolute atomic E-state index is 0.0851. The number of nitro groups is 1. The number of nitro benzene ring substituents is 1. The standard InChI is InChI=1S/C17H18N2O7/c1-8-13-12(9(2)20)16(22)18(13)14(15(8)21)17(23)26-7-10-3-5-11(6-4-10)19(24)25/h3-6,8-9,12-14,20H,7H2,1-2H3/t8-,9-,12+,13-,14?/m1/s1. The zero-order valence-corrected chi connectivity index (χ0v) is 14.2. The summed E-state index contributed by atoms with van der Waals surface area (Å²) in [5.41, 5.74) is 0.439. The zero-order valence-electron chi connectivity index (χ0n) is 14.2. The molecule has 0 aromatic heterocycles. The van der Waals surface area contributed by atoms with E-state index in [1.165, 1.54) is 36.1 Å². The highest BCUT2D eigenvalue weighted by Crippen LogP contribution is 2.43. The van der Waals surface area contributed by atoms with E-state index < -0.39 is 52.6 Å². The first-order chi connectivity index (χ1) is 12.2. The van der Waals surface area contributed by atoms with E-state index in [0.717, 1.165) is 0 Å². The molecule has 9 nitrogen and oxygen atoms in total. The number of hydrogen-bond donors (Lipinski definition) is 1. The number of non-ortho nitro benzene ring substituents is 1. The van der Waals surface area contributed by atoms with Crippen LogP contribution in [0.15, 0.2) is 24.3 Å². The van der Waals surface area contributed by atoms with E-state index in [0.29, 0.717) is 5.56 Å². The number of benzene rings is 1. The Hall–Kier alpha value is -2.81. The van der Waals surface area contributed by atoms with E-state index in [-0.39, 0.29) is 12.3 Å². The number of ketones is 1. The van der Waals surface area contributed by atoms with Crippen LogP contribution in [0.5, 0.6) is 0 Å². The van der Waals surface area contributed by atoms with Crippen LogP contribution in [-0.2, 0) is 25.7 Å². The average molecular weight is 362 g/mol. The van der Waals surface area contributed by atoms with Crippen molar-refractivity contribution in [2.24, 2.45) is 11.8 Å². The number of β-lactam (4-membered cyclic amide) rings is 1. The Bertz CT molecular complexity index is 774. The number of aliphatic hydroxyl groups excluding tert-OH is 1. The number of carbonyl (C=O) groups is 3. The summed E-state index contributed by atoms with van der Waals surface area (Å²) < 4.78 is 5.14. The van der Waals surface area contributed by atoms with E-state index in [1.807, 2.05) is 0 Å². The third-order valence-corrected chi connectivity index (χ3v) is 5.01. The Morgan fingerprint density at radius 2 is 1.96 bits per heavy atom. The summed E-state index contributed by atoms with van der Waals surface area (Å²) in [5, 5.41) is 20.3. The van der Waals surface area contributed by atoms with Gasteiger partial charge in [-0.05, 0) is 24.6 Å². The Labute approximate surface area is 148 Å². The highest BCUT2D eigenvalue weighted by atomic mass is 16.6. The van der Waals surface area contributed by atoms with Gasteiger partial charge >= 0.3 is 5.97 Å². The molecule has 1 aromatic rings. The Balaban J connectivity index is 1.67. The van der Waals surface area contributed by atoms with Crippen LogP contribution in [0.3, 0.4) is 0 Å². The quantitative estimate of drug-likeness (QED) is 0.265. The number of aliphatic hydroxyl groups is 1. The van der Waals surface area contributed by atoms with Crippen molar-refractivity contribution in [2.75, 3.05) is 0 Å². The molecule has 2 aliphatic rings. The Kier molecular flexibility index (Phi) is 4.49. The predicted molar refractivity (Wildman–Crippen MR) is 86.7 cm³/mol. The van der Waals surface area contributed by atoms with Gasteiger partial charge in [-0.1, -0.05) is 6.92 Å². The van der Waals surface area contributed by atoms with Crippen molar-refractivity contribution < 1.29 is 29.2 Å². The zero-order chi connectivity index (χ0) is 19.2. The summed E-state index contributed by atoms with van der Waals surface area (Å²) in [7, 11) is 0. The molecule has 26 heavy (non-hydrogen) atoms. The lowest BCUT2D eigenvalue weighted by Crippen LogP contribution is -2.65. The fraction of sp³-hybridized carbons (Fsp3) is 0.471. The SMILES string of the molecule is C[C@@H](O)[C@@H]1C(=O)N2C(C(=O)OCc3ccc([N+](=O)[O-])cc3)C(=O)[C@H](C)[C@H]12. The van der Waals surface area contributed by atoms with Crippen molar-refractivity contribution in [1.29, 1.82) is 0 Å². The maximum atomic E-state index is 12.4. The molecular formula is C17H18N2O7. The smallest absolute Gasteiger partial charge is 0.337 e. The van der Waals surface area contributed by atoms with Crippen molar-refractivity contribution in [3.8, 4) is 0 Å². The number of hydrogen-bond acceptors (Lipinski definition) is 7. The number of esters is 1. The van der Waals surface area contributed by atoms with Crippen LogP contribution in [0.2, 0.25) is 0 Å². The summed E-state index contributed by atoms with van der Waals surface area (Å²) in [4.78, 5) is 48.2. The fourth-order valence-corrected chi connectivity index (χ4v) is 3.63. The van der Waals surface area contributed by atoms with Gasteiger partial charge in [-0.15, -0.1) is 0 Å². The second kappa shape index (κ2) is 6.49. The van der Waals surface area contributed by atoms with Gasteiger partial charge in [-0.3, -0.25) is 19.7 Å². The van der Waals surface area contributed by atoms with Gasteiger partial charge in [0.1, 0.15) is 6.61 Å². The lowest BCUT2D eigenvalue weighted by Gasteiger charge is -2.46. The molecule has 0 spiro atoms. The maximum absolute atomic E-state index is 12.4. The molecule has 1 amide bonds. The average Bonchev–Trinajstić information content (AvgIpc) is 2.81. The van der Waals surface area contributed by atoms with Crippen LogP contribution < -0.4 is 0 Å². The van der Waals surface area contributed by atoms with E-state index in [1.54, 1.807) is 6.92 Å². The predicted octanol–water partition coefficient (Wildman–Crippen LogP) is 0.433. The van der Waals surface area contributed by atoms with Crippen LogP contribution in [0.25, 0.3) is 0 Å². The molecule has 0 aliphatic carbocycles. The molecule has 1 unspecified atom stereocenters. The van der Waals surface area contributed by atoms with Crippen molar-refractivity contribution in [2.45, 2.75) is 38.6 Å². The Morgan fingerprint density at radius 1 is 1.35 bits per heavy atom. The van der Waals surface area contributed by atoms with Crippen molar-refractivity contribution in [3.05, 3.63) is 39.9 Å². The monoisotopic (exact) mass is 362 g/mol. The van der Waals surface area contributed by atoms with E-state index in [2.05, 4.69) is 0 Å². The van der Waals surface area contributed by atoms with Crippen LogP contribution in [0, 0.1) is 22.0 Å². The second-order valence-corrected chi connectivity index (χ2v) is 6.63. The molecule has 9 heteroatoms. The first-order valence-corrected chi connectivity index (χ1v) is 8.18. The van der Waals surface area contributed by atoms with Gasteiger partial charge in [0, 0.05) is 18.1 Å². The molecule has 1 aromatic carbocycles. The van der Waals surface area contributed by atoms with Crippen LogP contribution in [-0.4, -0.2) is 50.8 Å². The molecule has 2 fully saturated rings. The number of amides is 1.